The molecule has 74 valence electrons. The van der Waals surface area contributed by atoms with Crippen LogP contribution in [0.2, 0.25) is 0 Å². The number of hydrogen-bond donors (Lipinski definition) is 0. The molecular formula is C9H11N2O2S+. The smallest absolute Gasteiger partial charge is 0.235 e. The molecule has 1 saturated heterocycles. The normalized spacial score (nSPS) is 15.4. The van der Waals surface area contributed by atoms with Crippen LogP contribution in [0.15, 0.2) is 17.1 Å². The molecule has 0 aromatic carbocycles. The maximum Gasteiger partial charge on any atom is 0.235 e. The highest BCUT2D eigenvalue weighted by atomic mass is 32.1. The Kier molecular flexibility index (Phi) is 2.58. The Labute approximate surface area is 85.8 Å². The largest absolute Gasteiger partial charge is 0.282 e. The van der Waals surface area contributed by atoms with Crippen LogP contribution >= 0.6 is 11.3 Å². The van der Waals surface area contributed by atoms with Crippen LogP contribution in [0.5, 0.6) is 0 Å². The zero-order valence-electron chi connectivity index (χ0n) is 7.68. The SMILES string of the molecule is O=C1CCN1C(=O)CC[n+]1ccsc1. The Morgan fingerprint density at radius 3 is 3.00 bits per heavy atom. The molecule has 5 heteroatoms. The number of likely N-dealkylation sites (tertiary alicyclic amines) is 1. The summed E-state index contributed by atoms with van der Waals surface area (Å²) < 4.78 is 1.95. The molecule has 0 N–H and O–H groups in total. The van der Waals surface area contributed by atoms with E-state index in [-0.39, 0.29) is 11.8 Å². The van der Waals surface area contributed by atoms with E-state index in [2.05, 4.69) is 0 Å². The number of thiazole rings is 1. The van der Waals surface area contributed by atoms with Crippen LogP contribution in [0.4, 0.5) is 0 Å². The van der Waals surface area contributed by atoms with Crippen LogP contribution in [-0.4, -0.2) is 23.3 Å². The predicted octanol–water partition coefficient (Wildman–Crippen LogP) is 0.185. The molecule has 2 heterocycles. The molecule has 0 bridgehead atoms. The molecule has 0 saturated carbocycles. The van der Waals surface area contributed by atoms with Crippen LogP contribution in [0.1, 0.15) is 12.8 Å². The van der Waals surface area contributed by atoms with Crippen molar-refractivity contribution in [2.75, 3.05) is 6.54 Å². The number of aryl methyl sites for hydroxylation is 1. The summed E-state index contributed by atoms with van der Waals surface area (Å²) in [5, 5.41) is 1.96. The van der Waals surface area contributed by atoms with Gasteiger partial charge in [-0.25, -0.2) is 0 Å². The van der Waals surface area contributed by atoms with Gasteiger partial charge in [0.1, 0.15) is 0 Å². The second kappa shape index (κ2) is 3.88. The topological polar surface area (TPSA) is 41.3 Å². The molecule has 2 amide bonds. The molecule has 1 aromatic heterocycles. The number of aromatic nitrogens is 1. The zero-order chi connectivity index (χ0) is 9.97. The summed E-state index contributed by atoms with van der Waals surface area (Å²) in [5.41, 5.74) is 1.95. The fourth-order valence-corrected chi connectivity index (χ4v) is 1.96. The first-order valence-electron chi connectivity index (χ1n) is 4.52. The van der Waals surface area contributed by atoms with Gasteiger partial charge in [-0.1, -0.05) is 11.3 Å². The van der Waals surface area contributed by atoms with Crippen molar-refractivity contribution in [2.45, 2.75) is 19.4 Å². The van der Waals surface area contributed by atoms with Gasteiger partial charge in [0.25, 0.3) is 0 Å². The van der Waals surface area contributed by atoms with Gasteiger partial charge in [0.15, 0.2) is 12.7 Å². The van der Waals surface area contributed by atoms with Gasteiger partial charge < -0.3 is 0 Å². The zero-order valence-corrected chi connectivity index (χ0v) is 8.50. The predicted molar refractivity (Wildman–Crippen MR) is 50.5 cm³/mol. The molecule has 2 rings (SSSR count). The number of β-lactam (4-membered cyclic amide) rings is 1. The van der Waals surface area contributed by atoms with E-state index in [1.54, 1.807) is 11.3 Å². The average molecular weight is 211 g/mol. The van der Waals surface area contributed by atoms with Gasteiger partial charge >= 0.3 is 0 Å². The highest BCUT2D eigenvalue weighted by Crippen LogP contribution is 2.09. The summed E-state index contributed by atoms with van der Waals surface area (Å²) in [6.07, 6.45) is 2.86. The molecule has 0 radical (unpaired) electrons. The van der Waals surface area contributed by atoms with E-state index in [9.17, 15) is 9.59 Å². The molecule has 0 unspecified atom stereocenters. The Morgan fingerprint density at radius 2 is 2.50 bits per heavy atom. The van der Waals surface area contributed by atoms with E-state index >= 15 is 0 Å². The van der Waals surface area contributed by atoms with Crippen molar-refractivity contribution in [1.29, 1.82) is 0 Å². The minimum absolute atomic E-state index is 0.0367. The van der Waals surface area contributed by atoms with Crippen LogP contribution in [0, 0.1) is 0 Å². The Morgan fingerprint density at radius 1 is 1.64 bits per heavy atom. The third-order valence-corrected chi connectivity index (χ3v) is 2.93. The van der Waals surface area contributed by atoms with E-state index in [0.717, 1.165) is 0 Å². The first kappa shape index (κ1) is 9.33. The van der Waals surface area contributed by atoms with Crippen LogP contribution in [-0.2, 0) is 16.1 Å². The van der Waals surface area contributed by atoms with Gasteiger partial charge in [0.2, 0.25) is 17.3 Å². The van der Waals surface area contributed by atoms with Crippen LogP contribution < -0.4 is 4.57 Å². The monoisotopic (exact) mass is 211 g/mol. The second-order valence-corrected chi connectivity index (χ2v) is 3.96. The Bertz CT molecular complexity index is 348. The highest BCUT2D eigenvalue weighted by molar-refractivity contribution is 7.07. The van der Waals surface area contributed by atoms with E-state index in [1.165, 1.54) is 4.90 Å². The van der Waals surface area contributed by atoms with Gasteiger partial charge in [-0.3, -0.25) is 14.5 Å². The lowest BCUT2D eigenvalue weighted by molar-refractivity contribution is -0.691. The number of carbonyl (C=O) groups is 2. The van der Waals surface area contributed by atoms with Gasteiger partial charge in [-0.15, -0.1) is 0 Å². The molecule has 0 spiro atoms. The molecule has 0 aliphatic carbocycles. The fraction of sp³-hybridized carbons (Fsp3) is 0.444. The molecule has 0 atom stereocenters. The van der Waals surface area contributed by atoms with Gasteiger partial charge in [-0.2, -0.15) is 4.57 Å². The molecular weight excluding hydrogens is 200 g/mol. The van der Waals surface area contributed by atoms with Crippen LogP contribution in [0.25, 0.3) is 0 Å². The maximum absolute atomic E-state index is 11.4. The number of nitrogens with zero attached hydrogens (tertiary/aromatic N) is 2. The first-order valence-corrected chi connectivity index (χ1v) is 5.46. The van der Waals surface area contributed by atoms with Crippen molar-refractivity contribution in [2.24, 2.45) is 0 Å². The summed E-state index contributed by atoms with van der Waals surface area (Å²) in [7, 11) is 0. The fourth-order valence-electron chi connectivity index (χ4n) is 1.33. The first-order chi connectivity index (χ1) is 6.77. The van der Waals surface area contributed by atoms with Crippen molar-refractivity contribution in [3.05, 3.63) is 17.1 Å². The lowest BCUT2D eigenvalue weighted by atomic mass is 10.2. The summed E-state index contributed by atoms with van der Waals surface area (Å²) >= 11 is 1.59. The quantitative estimate of drug-likeness (QED) is 0.529. The van der Waals surface area contributed by atoms with Gasteiger partial charge in [0.05, 0.1) is 11.8 Å². The van der Waals surface area contributed by atoms with Gasteiger partial charge in [0, 0.05) is 13.0 Å². The summed E-state index contributed by atoms with van der Waals surface area (Å²) in [6, 6.07) is 0. The van der Waals surface area contributed by atoms with Crippen molar-refractivity contribution >= 4 is 23.2 Å². The van der Waals surface area contributed by atoms with Crippen molar-refractivity contribution in [1.82, 2.24) is 4.90 Å². The maximum atomic E-state index is 11.4. The standard InChI is InChI=1S/C9H11N2O2S/c12-8(11-4-2-9(11)13)1-3-10-5-6-14-7-10/h5-7H,1-4H2/q+1. The molecule has 1 aliphatic rings. The van der Waals surface area contributed by atoms with Crippen molar-refractivity contribution in [3.63, 3.8) is 0 Å². The van der Waals surface area contributed by atoms with Gasteiger partial charge in [-0.05, 0) is 0 Å². The summed E-state index contributed by atoms with van der Waals surface area (Å²) in [6.45, 7) is 1.26. The molecule has 1 aliphatic heterocycles. The molecule has 14 heavy (non-hydrogen) atoms. The second-order valence-electron chi connectivity index (χ2n) is 3.20. The minimum Gasteiger partial charge on any atom is -0.282 e. The Hall–Kier alpha value is -1.23. The van der Waals surface area contributed by atoms with E-state index in [1.807, 2.05) is 21.7 Å². The van der Waals surface area contributed by atoms with Crippen LogP contribution in [0.3, 0.4) is 0 Å². The minimum atomic E-state index is -0.0556. The molecule has 1 aromatic rings. The highest BCUT2D eigenvalue weighted by Gasteiger charge is 2.29. The van der Waals surface area contributed by atoms with E-state index in [4.69, 9.17) is 0 Å². The van der Waals surface area contributed by atoms with Crippen molar-refractivity contribution in [3.8, 4) is 0 Å². The number of imide groups is 1. The lowest BCUT2D eigenvalue weighted by Crippen LogP contribution is -2.48. The molecule has 4 nitrogen and oxygen atoms in total. The van der Waals surface area contributed by atoms with E-state index in [0.29, 0.717) is 25.9 Å². The lowest BCUT2D eigenvalue weighted by Gasteiger charge is -2.27. The number of carbonyl (C=O) groups excluding carboxylic acids is 2. The number of amides is 2. The Balaban J connectivity index is 1.81. The summed E-state index contributed by atoms with van der Waals surface area (Å²) in [4.78, 5) is 23.7. The number of rotatable bonds is 3. The molecule has 1 fully saturated rings. The van der Waals surface area contributed by atoms with Crippen molar-refractivity contribution < 1.29 is 14.2 Å². The number of hydrogen-bond acceptors (Lipinski definition) is 3. The average Bonchev–Trinajstić information content (AvgIpc) is 2.65. The third kappa shape index (κ3) is 1.82. The van der Waals surface area contributed by atoms with E-state index < -0.39 is 0 Å². The summed E-state index contributed by atoms with van der Waals surface area (Å²) in [5.74, 6) is -0.0923. The third-order valence-electron chi connectivity index (χ3n) is 2.26.